The molecule has 0 bridgehead atoms. The fourth-order valence-corrected chi connectivity index (χ4v) is 3.77. The lowest BCUT2D eigenvalue weighted by Gasteiger charge is -2.43. The lowest BCUT2D eigenvalue weighted by atomic mass is 9.66. The van der Waals surface area contributed by atoms with Crippen molar-refractivity contribution in [3.63, 3.8) is 0 Å². The summed E-state index contributed by atoms with van der Waals surface area (Å²) in [6.07, 6.45) is 1.64. The maximum Gasteiger partial charge on any atom is 0.252 e. The average Bonchev–Trinajstić information content (AvgIpc) is 2.52. The molecule has 23 heavy (non-hydrogen) atoms. The summed E-state index contributed by atoms with van der Waals surface area (Å²) in [6, 6.07) is 9.24. The van der Waals surface area contributed by atoms with Crippen molar-refractivity contribution in [2.24, 2.45) is 17.8 Å². The van der Waals surface area contributed by atoms with Crippen LogP contribution in [0.1, 0.15) is 51.7 Å². The van der Waals surface area contributed by atoms with Crippen molar-refractivity contribution in [2.45, 2.75) is 51.7 Å². The zero-order chi connectivity index (χ0) is 17.0. The van der Waals surface area contributed by atoms with Crippen LogP contribution in [-0.4, -0.2) is 28.3 Å². The van der Waals surface area contributed by atoms with Crippen LogP contribution >= 0.6 is 0 Å². The molecule has 1 aromatic carbocycles. The van der Waals surface area contributed by atoms with E-state index in [2.05, 4.69) is 26.1 Å². The van der Waals surface area contributed by atoms with Crippen molar-refractivity contribution in [2.75, 3.05) is 6.54 Å². The molecule has 0 saturated heterocycles. The number of carbonyl (C=O) groups excluding carboxylic acids is 1. The minimum Gasteiger partial charge on any atom is -0.387 e. The zero-order valence-corrected chi connectivity index (χ0v) is 14.3. The van der Waals surface area contributed by atoms with Crippen LogP contribution in [0.3, 0.4) is 0 Å². The monoisotopic (exact) mass is 319 g/mol. The summed E-state index contributed by atoms with van der Waals surface area (Å²) >= 11 is 0. The van der Waals surface area contributed by atoms with E-state index in [1.165, 1.54) is 0 Å². The Morgan fingerprint density at radius 1 is 1.30 bits per heavy atom. The molecular weight excluding hydrogens is 290 g/mol. The molecule has 1 fully saturated rings. The minimum atomic E-state index is -1.33. The Bertz CT molecular complexity index is 517. The Morgan fingerprint density at radius 3 is 2.57 bits per heavy atom. The molecule has 0 heterocycles. The van der Waals surface area contributed by atoms with Gasteiger partial charge in [0.2, 0.25) is 0 Å². The second-order valence-corrected chi connectivity index (χ2v) is 7.30. The van der Waals surface area contributed by atoms with Crippen LogP contribution < -0.4 is 5.32 Å². The fraction of sp³-hybridized carbons (Fsp3) is 0.632. The highest BCUT2D eigenvalue weighted by atomic mass is 16.3. The van der Waals surface area contributed by atoms with Crippen LogP contribution in [0, 0.1) is 17.8 Å². The molecule has 1 aromatic rings. The number of aliphatic hydroxyl groups excluding tert-OH is 1. The van der Waals surface area contributed by atoms with Crippen LogP contribution in [0.5, 0.6) is 0 Å². The van der Waals surface area contributed by atoms with Gasteiger partial charge in [0.1, 0.15) is 5.60 Å². The maximum atomic E-state index is 12.6. The zero-order valence-electron chi connectivity index (χ0n) is 14.3. The molecule has 128 valence electrons. The predicted octanol–water partition coefficient (Wildman–Crippen LogP) is 2.66. The van der Waals surface area contributed by atoms with Crippen molar-refractivity contribution in [1.82, 2.24) is 5.32 Å². The Balaban J connectivity index is 2.02. The first-order valence-corrected chi connectivity index (χ1v) is 8.58. The standard InChI is InChI=1S/C19H29NO3/c1-13(2)16-10-9-14(3)11-19(16,23)18(22)20-12-17(21)15-7-5-4-6-8-15/h4-8,13-14,16-17,21,23H,9-12H2,1-3H3,(H,20,22)/t14?,16?,17?,19-/m1/s1. The van der Waals surface area contributed by atoms with Crippen LogP contribution in [0.25, 0.3) is 0 Å². The van der Waals surface area contributed by atoms with Gasteiger partial charge in [-0.3, -0.25) is 4.79 Å². The summed E-state index contributed by atoms with van der Waals surface area (Å²) in [5.74, 6) is 0.197. The van der Waals surface area contributed by atoms with E-state index in [-0.39, 0.29) is 24.3 Å². The van der Waals surface area contributed by atoms with Gasteiger partial charge in [-0.15, -0.1) is 0 Å². The quantitative estimate of drug-likeness (QED) is 0.781. The Labute approximate surface area is 138 Å². The average molecular weight is 319 g/mol. The van der Waals surface area contributed by atoms with Crippen LogP contribution in [-0.2, 0) is 4.79 Å². The number of hydrogen-bond acceptors (Lipinski definition) is 3. The van der Waals surface area contributed by atoms with Gasteiger partial charge in [-0.2, -0.15) is 0 Å². The van der Waals surface area contributed by atoms with Gasteiger partial charge >= 0.3 is 0 Å². The van der Waals surface area contributed by atoms with Crippen LogP contribution in [0.15, 0.2) is 30.3 Å². The Morgan fingerprint density at radius 2 is 1.96 bits per heavy atom. The summed E-state index contributed by atoms with van der Waals surface area (Å²) in [4.78, 5) is 12.6. The number of aliphatic hydroxyl groups is 2. The Hall–Kier alpha value is -1.39. The highest BCUT2D eigenvalue weighted by Crippen LogP contribution is 2.41. The molecule has 2 rings (SSSR count). The molecule has 1 aliphatic rings. The number of hydrogen-bond donors (Lipinski definition) is 3. The second-order valence-electron chi connectivity index (χ2n) is 7.30. The minimum absolute atomic E-state index is 0.0347. The van der Waals surface area contributed by atoms with Gasteiger partial charge in [0.05, 0.1) is 6.10 Å². The first-order chi connectivity index (χ1) is 10.8. The van der Waals surface area contributed by atoms with Gasteiger partial charge in [0.15, 0.2) is 0 Å². The number of carbonyl (C=O) groups is 1. The van der Waals surface area contributed by atoms with Gasteiger partial charge in [-0.25, -0.2) is 0 Å². The normalized spacial score (nSPS) is 29.3. The lowest BCUT2D eigenvalue weighted by molar-refractivity contribution is -0.156. The summed E-state index contributed by atoms with van der Waals surface area (Å²) in [5, 5.41) is 24.0. The van der Waals surface area contributed by atoms with Crippen molar-refractivity contribution >= 4 is 5.91 Å². The second kappa shape index (κ2) is 7.45. The van der Waals surface area contributed by atoms with E-state index in [9.17, 15) is 15.0 Å². The predicted molar refractivity (Wildman–Crippen MR) is 90.7 cm³/mol. The van der Waals surface area contributed by atoms with E-state index in [1.54, 1.807) is 0 Å². The molecule has 3 unspecified atom stereocenters. The van der Waals surface area contributed by atoms with Crippen molar-refractivity contribution in [3.05, 3.63) is 35.9 Å². The summed E-state index contributed by atoms with van der Waals surface area (Å²) < 4.78 is 0. The molecule has 3 N–H and O–H groups in total. The lowest BCUT2D eigenvalue weighted by Crippen LogP contribution is -2.56. The number of nitrogens with one attached hydrogen (secondary N) is 1. The van der Waals surface area contributed by atoms with Crippen molar-refractivity contribution in [1.29, 1.82) is 0 Å². The SMILES string of the molecule is CC1CCC(C(C)C)[C@@](O)(C(=O)NCC(O)c2ccccc2)C1. The maximum absolute atomic E-state index is 12.6. The summed E-state index contributed by atoms with van der Waals surface area (Å²) in [5.41, 5.74) is -0.570. The molecule has 1 aliphatic carbocycles. The van der Waals surface area contributed by atoms with Gasteiger partial charge in [0, 0.05) is 6.54 Å². The molecular formula is C19H29NO3. The van der Waals surface area contributed by atoms with Crippen molar-refractivity contribution < 1.29 is 15.0 Å². The van der Waals surface area contributed by atoms with Gasteiger partial charge in [-0.1, -0.05) is 57.5 Å². The fourth-order valence-electron chi connectivity index (χ4n) is 3.77. The number of rotatable bonds is 5. The molecule has 1 saturated carbocycles. The van der Waals surface area contributed by atoms with E-state index >= 15 is 0 Å². The van der Waals surface area contributed by atoms with Gasteiger partial charge < -0.3 is 15.5 Å². The number of amides is 1. The first kappa shape index (κ1) is 18.0. The largest absolute Gasteiger partial charge is 0.387 e. The molecule has 1 amide bonds. The van der Waals surface area contributed by atoms with E-state index < -0.39 is 11.7 Å². The number of benzene rings is 1. The van der Waals surface area contributed by atoms with E-state index in [0.29, 0.717) is 12.3 Å². The third kappa shape index (κ3) is 4.12. The van der Waals surface area contributed by atoms with E-state index in [1.807, 2.05) is 30.3 Å². The molecule has 4 nitrogen and oxygen atoms in total. The summed E-state index contributed by atoms with van der Waals surface area (Å²) in [6.45, 7) is 6.30. The van der Waals surface area contributed by atoms with Crippen LogP contribution in [0.4, 0.5) is 0 Å². The molecule has 0 aliphatic heterocycles. The highest BCUT2D eigenvalue weighted by molar-refractivity contribution is 5.85. The topological polar surface area (TPSA) is 69.6 Å². The third-order valence-corrected chi connectivity index (χ3v) is 5.08. The Kier molecular flexibility index (Phi) is 5.82. The van der Waals surface area contributed by atoms with Gasteiger partial charge in [-0.05, 0) is 36.2 Å². The van der Waals surface area contributed by atoms with Crippen molar-refractivity contribution in [3.8, 4) is 0 Å². The molecule has 0 aromatic heterocycles. The molecule has 0 radical (unpaired) electrons. The molecule has 0 spiro atoms. The third-order valence-electron chi connectivity index (χ3n) is 5.08. The molecule has 4 atom stereocenters. The molecule has 4 heteroatoms. The summed E-state index contributed by atoms with van der Waals surface area (Å²) in [7, 11) is 0. The smallest absolute Gasteiger partial charge is 0.252 e. The van der Waals surface area contributed by atoms with E-state index in [0.717, 1.165) is 18.4 Å². The van der Waals surface area contributed by atoms with E-state index in [4.69, 9.17) is 0 Å². The van der Waals surface area contributed by atoms with Gasteiger partial charge in [0.25, 0.3) is 5.91 Å². The first-order valence-electron chi connectivity index (χ1n) is 8.58. The highest BCUT2D eigenvalue weighted by Gasteiger charge is 2.48. The van der Waals surface area contributed by atoms with Crippen LogP contribution in [0.2, 0.25) is 0 Å².